The number of fused-ring (bicyclic) bond motifs is 1. The van der Waals surface area contributed by atoms with Gasteiger partial charge >= 0.3 is 12.2 Å². The van der Waals surface area contributed by atoms with Gasteiger partial charge in [-0.1, -0.05) is 6.07 Å². The molecule has 1 aromatic carbocycles. The number of amides is 3. The fourth-order valence-corrected chi connectivity index (χ4v) is 5.25. The van der Waals surface area contributed by atoms with Crippen molar-refractivity contribution in [2.24, 2.45) is 5.41 Å². The number of piperidine rings is 1. The fraction of sp³-hybridized carbons (Fsp3) is 0.619. The van der Waals surface area contributed by atoms with Gasteiger partial charge in [0.05, 0.1) is 17.7 Å². The van der Waals surface area contributed by atoms with Crippen molar-refractivity contribution in [2.75, 3.05) is 50.8 Å². The second-order valence-electron chi connectivity index (χ2n) is 9.12. The average Bonchev–Trinajstić information content (AvgIpc) is 3.17. The van der Waals surface area contributed by atoms with E-state index in [1.54, 1.807) is 11.0 Å². The van der Waals surface area contributed by atoms with Crippen LogP contribution in [-0.2, 0) is 15.7 Å². The van der Waals surface area contributed by atoms with Crippen LogP contribution in [0.5, 0.6) is 0 Å². The third-order valence-electron chi connectivity index (χ3n) is 6.89. The Balaban J connectivity index is 1.18. The molecule has 4 heterocycles. The molecule has 0 aromatic heterocycles. The van der Waals surface area contributed by atoms with Crippen molar-refractivity contribution in [3.05, 3.63) is 29.8 Å². The first-order valence-electron chi connectivity index (χ1n) is 10.6. The number of benzene rings is 1. The summed E-state index contributed by atoms with van der Waals surface area (Å²) in [6, 6.07) is 5.20. The van der Waals surface area contributed by atoms with Gasteiger partial charge in [-0.3, -0.25) is 4.79 Å². The molecule has 1 N–H and O–H groups in total. The van der Waals surface area contributed by atoms with Gasteiger partial charge in [0.25, 0.3) is 0 Å². The molecule has 4 saturated heterocycles. The lowest BCUT2D eigenvalue weighted by molar-refractivity contribution is -0.139. The number of morpholine rings is 1. The van der Waals surface area contributed by atoms with Crippen molar-refractivity contribution in [1.29, 1.82) is 0 Å². The normalized spacial score (nSPS) is 27.7. The first-order valence-corrected chi connectivity index (χ1v) is 10.6. The van der Waals surface area contributed by atoms with Crippen LogP contribution in [0.2, 0.25) is 0 Å². The SMILES string of the molecule is O=C1CO[C@H]2CCN(C(=O)N3CCC4(C3)CN(c3cccc(C(F)(F)F)c3)C4)C[C@H]2N1. The number of likely N-dealkylation sites (tertiary alicyclic amines) is 2. The maximum atomic E-state index is 13.1. The predicted octanol–water partition coefficient (Wildman–Crippen LogP) is 1.93. The molecule has 31 heavy (non-hydrogen) atoms. The van der Waals surface area contributed by atoms with Crippen molar-refractivity contribution in [1.82, 2.24) is 15.1 Å². The summed E-state index contributed by atoms with van der Waals surface area (Å²) in [5.41, 5.74) is -0.138. The lowest BCUT2D eigenvalue weighted by Crippen LogP contribution is -2.62. The van der Waals surface area contributed by atoms with Crippen LogP contribution in [0.3, 0.4) is 0 Å². The van der Waals surface area contributed by atoms with E-state index in [1.807, 2.05) is 9.80 Å². The highest BCUT2D eigenvalue weighted by Gasteiger charge is 2.50. The van der Waals surface area contributed by atoms with E-state index in [0.717, 1.165) is 12.5 Å². The molecule has 1 spiro atoms. The van der Waals surface area contributed by atoms with E-state index in [-0.39, 0.29) is 36.1 Å². The zero-order chi connectivity index (χ0) is 21.8. The monoisotopic (exact) mass is 438 g/mol. The molecular formula is C21H25F3N4O3. The van der Waals surface area contributed by atoms with Crippen LogP contribution >= 0.6 is 0 Å². The highest BCUT2D eigenvalue weighted by Crippen LogP contribution is 2.43. The number of anilines is 1. The lowest BCUT2D eigenvalue weighted by Gasteiger charge is -2.49. The molecule has 1 aromatic rings. The Morgan fingerprint density at radius 1 is 1.16 bits per heavy atom. The van der Waals surface area contributed by atoms with Crippen molar-refractivity contribution in [3.8, 4) is 0 Å². The maximum absolute atomic E-state index is 13.1. The number of carbonyl (C=O) groups excluding carboxylic acids is 2. The van der Waals surface area contributed by atoms with Crippen LogP contribution in [0.1, 0.15) is 18.4 Å². The minimum Gasteiger partial charge on any atom is -0.370 e. The van der Waals surface area contributed by atoms with E-state index in [2.05, 4.69) is 5.32 Å². The van der Waals surface area contributed by atoms with Gasteiger partial charge in [0.15, 0.2) is 0 Å². The third-order valence-corrected chi connectivity index (χ3v) is 6.89. The number of carbonyl (C=O) groups is 2. The molecule has 4 fully saturated rings. The first kappa shape index (κ1) is 20.4. The first-order chi connectivity index (χ1) is 14.7. The van der Waals surface area contributed by atoms with Crippen LogP contribution in [0.4, 0.5) is 23.7 Å². The average molecular weight is 438 g/mol. The Bertz CT molecular complexity index is 887. The predicted molar refractivity (Wildman–Crippen MR) is 106 cm³/mol. The summed E-state index contributed by atoms with van der Waals surface area (Å²) in [5, 5.41) is 2.91. The minimum absolute atomic E-state index is 0.0346. The van der Waals surface area contributed by atoms with Gasteiger partial charge in [0.1, 0.15) is 6.61 Å². The number of halogens is 3. The molecule has 0 unspecified atom stereocenters. The van der Waals surface area contributed by atoms with E-state index in [4.69, 9.17) is 4.74 Å². The second-order valence-corrected chi connectivity index (χ2v) is 9.12. The van der Waals surface area contributed by atoms with Gasteiger partial charge in [0, 0.05) is 50.4 Å². The topological polar surface area (TPSA) is 65.1 Å². The van der Waals surface area contributed by atoms with Gasteiger partial charge in [0.2, 0.25) is 5.91 Å². The number of rotatable bonds is 1. The second kappa shape index (κ2) is 7.29. The highest BCUT2D eigenvalue weighted by atomic mass is 19.4. The van der Waals surface area contributed by atoms with E-state index in [0.29, 0.717) is 51.4 Å². The molecule has 0 bridgehead atoms. The van der Waals surface area contributed by atoms with E-state index in [1.165, 1.54) is 12.1 Å². The summed E-state index contributed by atoms with van der Waals surface area (Å²) in [4.78, 5) is 30.2. The Morgan fingerprint density at radius 3 is 2.74 bits per heavy atom. The molecule has 168 valence electrons. The Labute approximate surface area is 178 Å². The number of nitrogens with one attached hydrogen (secondary N) is 1. The van der Waals surface area contributed by atoms with Gasteiger partial charge in [-0.15, -0.1) is 0 Å². The van der Waals surface area contributed by atoms with Crippen LogP contribution in [0.25, 0.3) is 0 Å². The van der Waals surface area contributed by atoms with Crippen molar-refractivity contribution in [2.45, 2.75) is 31.2 Å². The fourth-order valence-electron chi connectivity index (χ4n) is 5.25. The number of alkyl halides is 3. The van der Waals surface area contributed by atoms with Crippen molar-refractivity contribution >= 4 is 17.6 Å². The number of hydrogen-bond donors (Lipinski definition) is 1. The molecule has 4 aliphatic heterocycles. The molecule has 10 heteroatoms. The summed E-state index contributed by atoms with van der Waals surface area (Å²) < 4.78 is 44.5. The molecule has 0 saturated carbocycles. The number of urea groups is 1. The summed E-state index contributed by atoms with van der Waals surface area (Å²) in [6.07, 6.45) is -2.86. The highest BCUT2D eigenvalue weighted by molar-refractivity contribution is 5.79. The minimum atomic E-state index is -4.36. The molecule has 0 radical (unpaired) electrons. The molecular weight excluding hydrogens is 413 g/mol. The number of ether oxygens (including phenoxy) is 1. The molecule has 7 nitrogen and oxygen atoms in total. The summed E-state index contributed by atoms with van der Waals surface area (Å²) in [5.74, 6) is -0.153. The van der Waals surface area contributed by atoms with E-state index in [9.17, 15) is 22.8 Å². The zero-order valence-corrected chi connectivity index (χ0v) is 17.0. The van der Waals surface area contributed by atoms with E-state index >= 15 is 0 Å². The van der Waals surface area contributed by atoms with Crippen molar-refractivity contribution in [3.63, 3.8) is 0 Å². The maximum Gasteiger partial charge on any atom is 0.416 e. The zero-order valence-electron chi connectivity index (χ0n) is 17.0. The summed E-state index contributed by atoms with van der Waals surface area (Å²) in [6.45, 7) is 3.65. The molecule has 3 amide bonds. The Morgan fingerprint density at radius 2 is 1.97 bits per heavy atom. The van der Waals surface area contributed by atoms with Crippen LogP contribution in [0, 0.1) is 5.41 Å². The molecule has 4 aliphatic rings. The van der Waals surface area contributed by atoms with E-state index < -0.39 is 11.7 Å². The Kier molecular flexibility index (Phi) is 4.80. The summed E-state index contributed by atoms with van der Waals surface area (Å²) >= 11 is 0. The standard InChI is InChI=1S/C21H25F3N4O3/c22-21(23,24)14-2-1-3-15(8-14)28-12-20(13-28)5-7-27(11-20)19(30)26-6-4-17-16(9-26)25-18(29)10-31-17/h1-3,8,16-17H,4-7,9-13H2,(H,25,29)/t16-,17+/m1/s1. The number of hydrogen-bond acceptors (Lipinski definition) is 4. The lowest BCUT2D eigenvalue weighted by atomic mass is 9.78. The van der Waals surface area contributed by atoms with Crippen LogP contribution in [0.15, 0.2) is 24.3 Å². The van der Waals surface area contributed by atoms with Gasteiger partial charge in [-0.05, 0) is 31.0 Å². The number of nitrogens with zero attached hydrogens (tertiary/aromatic N) is 3. The molecule has 0 aliphatic carbocycles. The summed E-state index contributed by atoms with van der Waals surface area (Å²) in [7, 11) is 0. The Hall–Kier alpha value is -2.49. The van der Waals surface area contributed by atoms with Gasteiger partial charge in [-0.2, -0.15) is 13.2 Å². The largest absolute Gasteiger partial charge is 0.416 e. The molecule has 5 rings (SSSR count). The van der Waals surface area contributed by atoms with Crippen LogP contribution < -0.4 is 10.2 Å². The van der Waals surface area contributed by atoms with Gasteiger partial charge < -0.3 is 24.8 Å². The smallest absolute Gasteiger partial charge is 0.370 e. The third kappa shape index (κ3) is 3.81. The quantitative estimate of drug-likeness (QED) is 0.728. The van der Waals surface area contributed by atoms with Crippen LogP contribution in [-0.4, -0.2) is 79.8 Å². The molecule has 2 atom stereocenters. The van der Waals surface area contributed by atoms with Crippen molar-refractivity contribution < 1.29 is 27.5 Å². The van der Waals surface area contributed by atoms with Gasteiger partial charge in [-0.25, -0.2) is 4.79 Å².